The summed E-state index contributed by atoms with van der Waals surface area (Å²) in [5, 5.41) is 7.51. The maximum atomic E-state index is 13.8. The first-order valence-corrected chi connectivity index (χ1v) is 9.80. The van der Waals surface area contributed by atoms with Crippen molar-refractivity contribution in [3.8, 4) is 0 Å². The molecule has 0 aliphatic heterocycles. The minimum absolute atomic E-state index is 0.1000. The summed E-state index contributed by atoms with van der Waals surface area (Å²) in [7, 11) is -4.22. The second-order valence-corrected chi connectivity index (χ2v) is 8.06. The molecule has 0 aliphatic rings. The normalized spacial score (nSPS) is 11.7. The van der Waals surface area contributed by atoms with Crippen LogP contribution in [-0.2, 0) is 16.6 Å². The van der Waals surface area contributed by atoms with Crippen LogP contribution < -0.4 is 4.31 Å². The number of anilines is 1. The van der Waals surface area contributed by atoms with Gasteiger partial charge in [-0.1, -0.05) is 12.1 Å². The molecule has 4 rings (SSSR count). The fourth-order valence-electron chi connectivity index (χ4n) is 2.84. The number of sulfonamides is 1. The molecule has 2 heterocycles. The molecular weight excluding hydrogens is 405 g/mol. The Morgan fingerprint density at radius 2 is 1.79 bits per heavy atom. The lowest BCUT2D eigenvalue weighted by molar-refractivity contribution is 0.508. The van der Waals surface area contributed by atoms with E-state index in [4.69, 9.17) is 0 Å². The molecule has 0 N–H and O–H groups in total. The quantitative estimate of drug-likeness (QED) is 0.497. The number of pyridine rings is 1. The third kappa shape index (κ3) is 3.66. The van der Waals surface area contributed by atoms with Crippen LogP contribution >= 0.6 is 0 Å². The van der Waals surface area contributed by atoms with Crippen molar-refractivity contribution in [1.29, 1.82) is 0 Å². The van der Waals surface area contributed by atoms with Crippen molar-refractivity contribution in [2.24, 2.45) is 0 Å². The minimum atomic E-state index is -4.22. The Morgan fingerprint density at radius 1 is 0.966 bits per heavy atom. The summed E-state index contributed by atoms with van der Waals surface area (Å²) < 4.78 is 69.8. The molecule has 4 aromatic rings. The Hall–Kier alpha value is -3.40. The first-order chi connectivity index (χ1) is 13.8. The topological polar surface area (TPSA) is 67.6 Å². The third-order valence-electron chi connectivity index (χ3n) is 4.26. The molecule has 10 heteroatoms. The number of hydrogen-bond donors (Lipinski definition) is 0. The van der Waals surface area contributed by atoms with E-state index in [1.807, 2.05) is 0 Å². The van der Waals surface area contributed by atoms with Crippen LogP contribution in [0.25, 0.3) is 5.65 Å². The van der Waals surface area contributed by atoms with Crippen LogP contribution in [0.15, 0.2) is 72.0 Å². The number of hydrogen-bond acceptors (Lipinski definition) is 4. The van der Waals surface area contributed by atoms with Gasteiger partial charge in [-0.25, -0.2) is 21.6 Å². The number of rotatable bonds is 5. The molecule has 148 valence electrons. The number of nitrogens with zero attached hydrogens (tertiary/aromatic N) is 4. The van der Waals surface area contributed by atoms with Crippen LogP contribution in [0.1, 0.15) is 5.56 Å². The van der Waals surface area contributed by atoms with E-state index in [0.29, 0.717) is 11.2 Å². The molecule has 0 spiro atoms. The van der Waals surface area contributed by atoms with Gasteiger partial charge in [-0.15, -0.1) is 10.2 Å². The van der Waals surface area contributed by atoms with Gasteiger partial charge >= 0.3 is 0 Å². The summed E-state index contributed by atoms with van der Waals surface area (Å²) in [5.41, 5.74) is 0.675. The third-order valence-corrected chi connectivity index (χ3v) is 6.02. The lowest BCUT2D eigenvalue weighted by Gasteiger charge is -2.25. The van der Waals surface area contributed by atoms with Crippen molar-refractivity contribution < 1.29 is 21.6 Å². The summed E-state index contributed by atoms with van der Waals surface area (Å²) >= 11 is 0. The van der Waals surface area contributed by atoms with Gasteiger partial charge in [-0.05, 0) is 42.0 Å². The van der Waals surface area contributed by atoms with Gasteiger partial charge < -0.3 is 0 Å². The molecule has 0 bridgehead atoms. The van der Waals surface area contributed by atoms with Gasteiger partial charge in [0.1, 0.15) is 17.0 Å². The number of fused-ring (bicyclic) bond motifs is 1. The fourth-order valence-corrected chi connectivity index (χ4v) is 4.29. The monoisotopic (exact) mass is 418 g/mol. The minimum Gasteiger partial charge on any atom is -0.288 e. The smallest absolute Gasteiger partial charge is 0.266 e. The van der Waals surface area contributed by atoms with Crippen LogP contribution in [0.2, 0.25) is 0 Å². The van der Waals surface area contributed by atoms with Crippen LogP contribution in [0.5, 0.6) is 0 Å². The van der Waals surface area contributed by atoms with Crippen molar-refractivity contribution >= 4 is 21.4 Å². The second kappa shape index (κ2) is 7.21. The Bertz CT molecular complexity index is 1310. The zero-order chi connectivity index (χ0) is 20.6. The number of aromatic nitrogens is 3. The van der Waals surface area contributed by atoms with Gasteiger partial charge in [0.05, 0.1) is 12.2 Å². The maximum absolute atomic E-state index is 13.8. The zero-order valence-corrected chi connectivity index (χ0v) is 15.5. The predicted octanol–water partition coefficient (Wildman–Crippen LogP) is 3.54. The summed E-state index contributed by atoms with van der Waals surface area (Å²) in [6.45, 7) is -0.286. The van der Waals surface area contributed by atoms with E-state index in [-0.39, 0.29) is 17.1 Å². The van der Waals surface area contributed by atoms with Gasteiger partial charge in [0, 0.05) is 12.3 Å². The molecule has 29 heavy (non-hydrogen) atoms. The molecule has 0 aliphatic carbocycles. The number of benzene rings is 2. The van der Waals surface area contributed by atoms with E-state index in [2.05, 4.69) is 10.2 Å². The van der Waals surface area contributed by atoms with Gasteiger partial charge in [0.25, 0.3) is 10.0 Å². The van der Waals surface area contributed by atoms with Gasteiger partial charge in [-0.2, -0.15) is 0 Å². The lowest BCUT2D eigenvalue weighted by Crippen LogP contribution is -2.31. The molecule has 0 saturated heterocycles. The van der Waals surface area contributed by atoms with E-state index < -0.39 is 27.5 Å². The molecule has 0 fully saturated rings. The Morgan fingerprint density at radius 3 is 2.55 bits per heavy atom. The largest absolute Gasteiger partial charge is 0.288 e. The summed E-state index contributed by atoms with van der Waals surface area (Å²) in [6, 6.07) is 10.9. The van der Waals surface area contributed by atoms with Crippen molar-refractivity contribution in [2.75, 3.05) is 4.31 Å². The SMILES string of the molecule is O=S(=O)(c1ccc2nncn2c1)N(Cc1cccc(F)c1)c1ccc(F)c(F)c1. The molecule has 2 aromatic carbocycles. The first kappa shape index (κ1) is 18.9. The zero-order valence-electron chi connectivity index (χ0n) is 14.7. The van der Waals surface area contributed by atoms with E-state index in [0.717, 1.165) is 22.5 Å². The van der Waals surface area contributed by atoms with Gasteiger partial charge in [0.2, 0.25) is 0 Å². The van der Waals surface area contributed by atoms with Crippen molar-refractivity contribution in [3.05, 3.63) is 90.1 Å². The van der Waals surface area contributed by atoms with Gasteiger partial charge in [-0.3, -0.25) is 8.71 Å². The summed E-state index contributed by atoms with van der Waals surface area (Å²) in [4.78, 5) is -0.120. The Labute approximate surface area is 163 Å². The Balaban J connectivity index is 1.84. The standard InChI is InChI=1S/C19H13F3N4O2S/c20-14-3-1-2-13(8-14)10-26(15-4-6-17(21)18(22)9-15)29(27,28)16-5-7-19-24-23-12-25(19)11-16/h1-9,11-12H,10H2. The van der Waals surface area contributed by atoms with E-state index >= 15 is 0 Å². The molecule has 0 amide bonds. The highest BCUT2D eigenvalue weighted by molar-refractivity contribution is 7.92. The summed E-state index contributed by atoms with van der Waals surface area (Å²) in [5.74, 6) is -2.85. The molecule has 0 unspecified atom stereocenters. The molecule has 0 saturated carbocycles. The highest BCUT2D eigenvalue weighted by Crippen LogP contribution is 2.27. The highest BCUT2D eigenvalue weighted by atomic mass is 32.2. The fraction of sp³-hybridized carbons (Fsp3) is 0.0526. The van der Waals surface area contributed by atoms with E-state index in [9.17, 15) is 21.6 Å². The molecule has 2 aromatic heterocycles. The lowest BCUT2D eigenvalue weighted by atomic mass is 10.2. The average molecular weight is 418 g/mol. The molecular formula is C19H13F3N4O2S. The predicted molar refractivity (Wildman–Crippen MR) is 99.1 cm³/mol. The van der Waals surface area contributed by atoms with Crippen LogP contribution in [-0.4, -0.2) is 23.0 Å². The van der Waals surface area contributed by atoms with Crippen LogP contribution in [0, 0.1) is 17.5 Å². The van der Waals surface area contributed by atoms with Crippen LogP contribution in [0.3, 0.4) is 0 Å². The molecule has 6 nitrogen and oxygen atoms in total. The maximum Gasteiger partial charge on any atom is 0.266 e. The van der Waals surface area contributed by atoms with Gasteiger partial charge in [0.15, 0.2) is 17.3 Å². The molecule has 0 radical (unpaired) electrons. The highest BCUT2D eigenvalue weighted by Gasteiger charge is 2.27. The van der Waals surface area contributed by atoms with Crippen molar-refractivity contribution in [3.63, 3.8) is 0 Å². The number of halogens is 3. The van der Waals surface area contributed by atoms with Crippen molar-refractivity contribution in [1.82, 2.24) is 14.6 Å². The second-order valence-electron chi connectivity index (χ2n) is 6.20. The van der Waals surface area contributed by atoms with E-state index in [1.165, 1.54) is 53.3 Å². The Kier molecular flexibility index (Phi) is 4.71. The van der Waals surface area contributed by atoms with Crippen LogP contribution in [0.4, 0.5) is 18.9 Å². The van der Waals surface area contributed by atoms with Crippen molar-refractivity contribution in [2.45, 2.75) is 11.4 Å². The average Bonchev–Trinajstić information content (AvgIpc) is 3.16. The molecule has 0 atom stereocenters. The summed E-state index contributed by atoms with van der Waals surface area (Å²) in [6.07, 6.45) is 2.64. The van der Waals surface area contributed by atoms with E-state index in [1.54, 1.807) is 0 Å². The first-order valence-electron chi connectivity index (χ1n) is 8.36.